The van der Waals surface area contributed by atoms with Crippen LogP contribution in [0.3, 0.4) is 0 Å². The van der Waals surface area contributed by atoms with Gasteiger partial charge in [-0.1, -0.05) is 0 Å². The summed E-state index contributed by atoms with van der Waals surface area (Å²) in [6.07, 6.45) is -74.5. The third-order valence-corrected chi connectivity index (χ3v) is 2.74. The van der Waals surface area contributed by atoms with E-state index in [9.17, 15) is 87.8 Å². The molecule has 0 aromatic rings. The lowest BCUT2D eigenvalue weighted by molar-refractivity contribution is -0.588. The van der Waals surface area contributed by atoms with Gasteiger partial charge in [0.25, 0.3) is 0 Å². The van der Waals surface area contributed by atoms with Gasteiger partial charge in [0.1, 0.15) is 0 Å². The van der Waals surface area contributed by atoms with Crippen LogP contribution in [0.5, 0.6) is 0 Å². The van der Waals surface area contributed by atoms with Crippen molar-refractivity contribution >= 4 is 0 Å². The first-order valence-electron chi connectivity index (χ1n) is 7.11. The minimum atomic E-state index is -7.89. The van der Waals surface area contributed by atoms with E-state index >= 15 is 0 Å². The smallest absolute Gasteiger partial charge is 0.329 e. The van der Waals surface area contributed by atoms with Crippen molar-refractivity contribution in [2.45, 2.75) is 61.1 Å². The summed E-state index contributed by atoms with van der Waals surface area (Å²) in [7, 11) is 0. The van der Waals surface area contributed by atoms with Gasteiger partial charge in [-0.15, -0.1) is 0 Å². The molecule has 0 heterocycles. The van der Waals surface area contributed by atoms with Gasteiger partial charge in [0.15, 0.2) is 0 Å². The molecule has 0 aliphatic rings. The van der Waals surface area contributed by atoms with Crippen molar-refractivity contribution in [1.82, 2.24) is 0 Å². The Morgan fingerprint density at radius 2 is 0.361 bits per heavy atom. The predicted molar refractivity (Wildman–Crippen MR) is 58.2 cm³/mol. The molecule has 0 atom stereocenters. The summed E-state index contributed by atoms with van der Waals surface area (Å²) in [5.41, 5.74) is 0. The SMILES string of the molecule is OC(F)(F)C(F)(F)OC(F)(F)C(F)(F)OC(F)(F)C(F)(F)OC(F)(F)C(F)(F)OC(F)(F)C(O)(F)F. The molecule has 0 rings (SSSR count). The van der Waals surface area contributed by atoms with Crippen molar-refractivity contribution in [3.63, 3.8) is 0 Å². The largest absolute Gasteiger partial charge is 0.453 e. The van der Waals surface area contributed by atoms with Gasteiger partial charge in [0.2, 0.25) is 0 Å². The summed E-state index contributed by atoms with van der Waals surface area (Å²) in [6.45, 7) is 0. The van der Waals surface area contributed by atoms with E-state index in [4.69, 9.17) is 10.2 Å². The normalized spacial score (nSPS) is 16.5. The molecule has 36 heavy (non-hydrogen) atoms. The maximum Gasteiger partial charge on any atom is 0.453 e. The second-order valence-corrected chi connectivity index (χ2v) is 5.62. The van der Waals surface area contributed by atoms with Gasteiger partial charge in [-0.3, -0.25) is 0 Å². The topological polar surface area (TPSA) is 77.4 Å². The number of ether oxygens (including phenoxy) is 4. The van der Waals surface area contributed by atoms with E-state index in [1.165, 1.54) is 18.9 Å². The highest BCUT2D eigenvalue weighted by molar-refractivity contribution is 4.80. The van der Waals surface area contributed by atoms with E-state index in [0.717, 1.165) is 0 Å². The zero-order valence-corrected chi connectivity index (χ0v) is 15.1. The fourth-order valence-corrected chi connectivity index (χ4v) is 1.12. The van der Waals surface area contributed by atoms with Gasteiger partial charge in [-0.2, -0.15) is 87.8 Å². The molecule has 0 spiro atoms. The summed E-state index contributed by atoms with van der Waals surface area (Å²) in [4.78, 5) is 0. The lowest BCUT2D eigenvalue weighted by atomic mass is 10.4. The third-order valence-electron chi connectivity index (χ3n) is 2.74. The molecule has 0 aliphatic carbocycles. The zero-order valence-electron chi connectivity index (χ0n) is 15.1. The van der Waals surface area contributed by atoms with Crippen LogP contribution in [0.2, 0.25) is 0 Å². The number of alkyl halides is 20. The van der Waals surface area contributed by atoms with Crippen molar-refractivity contribution < 1.29 is 117 Å². The van der Waals surface area contributed by atoms with Crippen LogP contribution >= 0.6 is 0 Å². The van der Waals surface area contributed by atoms with E-state index in [2.05, 4.69) is 0 Å². The molecule has 0 unspecified atom stereocenters. The maximum atomic E-state index is 13.1. The van der Waals surface area contributed by atoms with Gasteiger partial charge in [-0.05, 0) is 0 Å². The van der Waals surface area contributed by atoms with Crippen molar-refractivity contribution in [2.24, 2.45) is 0 Å². The Labute approximate surface area is 179 Å². The van der Waals surface area contributed by atoms with Gasteiger partial charge >= 0.3 is 61.1 Å². The van der Waals surface area contributed by atoms with Crippen molar-refractivity contribution in [2.75, 3.05) is 0 Å². The number of rotatable bonds is 13. The number of hydrogen-bond acceptors (Lipinski definition) is 6. The quantitative estimate of drug-likeness (QED) is 0.292. The van der Waals surface area contributed by atoms with Crippen LogP contribution in [-0.2, 0) is 18.9 Å². The summed E-state index contributed by atoms with van der Waals surface area (Å²) >= 11 is 0. The van der Waals surface area contributed by atoms with Gasteiger partial charge < -0.3 is 10.2 Å². The lowest BCUT2D eigenvalue weighted by Gasteiger charge is -2.36. The molecular weight excluding hydrogens is 596 g/mol. The monoisotopic (exact) mass is 598 g/mol. The number of aliphatic hydroxyl groups is 2. The highest BCUT2D eigenvalue weighted by atomic mass is 19.4. The molecule has 0 aromatic heterocycles. The molecule has 0 fully saturated rings. The zero-order chi connectivity index (χ0) is 29.8. The molecule has 0 radical (unpaired) electrons. The van der Waals surface area contributed by atoms with E-state index in [1.54, 1.807) is 0 Å². The standard InChI is InChI=1S/C10H2F20O6/c11-1(12,31)3(15,16)33-5(19,20)7(23,24)35-9(27,28)10(29,30)36-8(25,26)6(21,22)34-4(17,18)2(13,14)32/h31-32H. The first kappa shape index (κ1) is 34.4. The fraction of sp³-hybridized carbons (Fsp3) is 1.00. The average molecular weight is 598 g/mol. The van der Waals surface area contributed by atoms with Crippen LogP contribution in [-0.4, -0.2) is 71.3 Å². The minimum absolute atomic E-state index is 1.22. The maximum absolute atomic E-state index is 13.1. The second kappa shape index (κ2) is 8.98. The van der Waals surface area contributed by atoms with Gasteiger partial charge in [-0.25, -0.2) is 18.9 Å². The van der Waals surface area contributed by atoms with Crippen LogP contribution in [0.4, 0.5) is 87.8 Å². The molecule has 2 N–H and O–H groups in total. The highest BCUT2D eigenvalue weighted by Crippen LogP contribution is 2.52. The summed E-state index contributed by atoms with van der Waals surface area (Å²) in [5, 5.41) is 14.9. The number of hydrogen-bond donors (Lipinski definition) is 2. The Morgan fingerprint density at radius 3 is 0.472 bits per heavy atom. The Balaban J connectivity index is 6.02. The molecule has 0 saturated heterocycles. The van der Waals surface area contributed by atoms with E-state index < -0.39 is 61.1 Å². The predicted octanol–water partition coefficient (Wildman–Crippen LogP) is 4.97. The Bertz CT molecular complexity index is 704. The summed E-state index contributed by atoms with van der Waals surface area (Å²) in [5.74, 6) is 0. The summed E-state index contributed by atoms with van der Waals surface area (Å²) < 4.78 is 258. The van der Waals surface area contributed by atoms with E-state index in [1.807, 2.05) is 0 Å². The Morgan fingerprint density at radius 1 is 0.250 bits per heavy atom. The average Bonchev–Trinajstić information content (AvgIpc) is 2.47. The molecule has 218 valence electrons. The van der Waals surface area contributed by atoms with Crippen LogP contribution in [0.25, 0.3) is 0 Å². The molecular formula is C10H2F20O6. The van der Waals surface area contributed by atoms with Crippen molar-refractivity contribution in [3.05, 3.63) is 0 Å². The van der Waals surface area contributed by atoms with Crippen LogP contribution in [0.1, 0.15) is 0 Å². The molecule has 26 heteroatoms. The molecule has 0 amide bonds. The van der Waals surface area contributed by atoms with Crippen molar-refractivity contribution in [3.8, 4) is 0 Å². The Hall–Kier alpha value is -1.64. The lowest BCUT2D eigenvalue weighted by Crippen LogP contribution is -2.61. The van der Waals surface area contributed by atoms with Crippen molar-refractivity contribution in [1.29, 1.82) is 0 Å². The van der Waals surface area contributed by atoms with E-state index in [0.29, 0.717) is 0 Å². The fourth-order valence-electron chi connectivity index (χ4n) is 1.12. The second-order valence-electron chi connectivity index (χ2n) is 5.62. The van der Waals surface area contributed by atoms with E-state index in [-0.39, 0.29) is 0 Å². The van der Waals surface area contributed by atoms with Gasteiger partial charge in [0.05, 0.1) is 0 Å². The molecule has 0 aromatic carbocycles. The molecule has 0 saturated carbocycles. The van der Waals surface area contributed by atoms with Crippen LogP contribution in [0, 0.1) is 0 Å². The van der Waals surface area contributed by atoms with Crippen LogP contribution in [0.15, 0.2) is 0 Å². The first-order chi connectivity index (χ1) is 15.1. The minimum Gasteiger partial charge on any atom is -0.329 e. The highest BCUT2D eigenvalue weighted by Gasteiger charge is 2.79. The molecule has 6 nitrogen and oxygen atoms in total. The Kier molecular flexibility index (Phi) is 8.57. The van der Waals surface area contributed by atoms with Gasteiger partial charge in [0, 0.05) is 0 Å². The third kappa shape index (κ3) is 7.01. The first-order valence-corrected chi connectivity index (χ1v) is 7.11. The summed E-state index contributed by atoms with van der Waals surface area (Å²) in [6, 6.07) is 0. The van der Waals surface area contributed by atoms with Crippen LogP contribution < -0.4 is 0 Å². The molecule has 0 bridgehead atoms. The number of halogens is 20. The molecule has 0 aliphatic heterocycles.